The summed E-state index contributed by atoms with van der Waals surface area (Å²) in [4.78, 5) is 12.8. The van der Waals surface area contributed by atoms with Gasteiger partial charge in [-0.2, -0.15) is 0 Å². The molecule has 1 aromatic carbocycles. The van der Waals surface area contributed by atoms with Crippen LogP contribution in [0, 0.1) is 11.3 Å². The molecule has 138 valence electrons. The van der Waals surface area contributed by atoms with Gasteiger partial charge in [0.05, 0.1) is 26.2 Å². The summed E-state index contributed by atoms with van der Waals surface area (Å²) in [5.41, 5.74) is -0.211. The lowest BCUT2D eigenvalue weighted by Crippen LogP contribution is -2.48. The minimum Gasteiger partial charge on any atom is -0.496 e. The van der Waals surface area contributed by atoms with E-state index in [9.17, 15) is 4.79 Å². The van der Waals surface area contributed by atoms with E-state index in [1.807, 2.05) is 0 Å². The summed E-state index contributed by atoms with van der Waals surface area (Å²) in [5, 5.41) is 6.48. The number of ether oxygens (including phenoxy) is 3. The Morgan fingerprint density at radius 1 is 1.20 bits per heavy atom. The molecule has 2 aliphatic rings. The van der Waals surface area contributed by atoms with Crippen molar-refractivity contribution >= 4 is 5.91 Å². The lowest BCUT2D eigenvalue weighted by Gasteiger charge is -2.37. The molecule has 1 heterocycles. The maximum Gasteiger partial charge on any atom is 0.227 e. The second-order valence-corrected chi connectivity index (χ2v) is 6.88. The third-order valence-corrected chi connectivity index (χ3v) is 5.47. The van der Waals surface area contributed by atoms with Gasteiger partial charge in [0.25, 0.3) is 0 Å². The molecule has 0 radical (unpaired) electrons. The zero-order chi connectivity index (χ0) is 17.7. The van der Waals surface area contributed by atoms with Crippen LogP contribution in [0.25, 0.3) is 0 Å². The Bertz CT molecular complexity index is 585. The summed E-state index contributed by atoms with van der Waals surface area (Å²) >= 11 is 0. The fraction of sp³-hybridized carbons (Fsp3) is 0.632. The van der Waals surface area contributed by atoms with Crippen molar-refractivity contribution in [3.8, 4) is 17.2 Å². The number of carbonyl (C=O) groups excluding carboxylic acids is 1. The van der Waals surface area contributed by atoms with Gasteiger partial charge in [-0.05, 0) is 25.3 Å². The van der Waals surface area contributed by atoms with Gasteiger partial charge in [0.2, 0.25) is 5.91 Å². The van der Waals surface area contributed by atoms with Crippen molar-refractivity contribution in [3.63, 3.8) is 0 Å². The van der Waals surface area contributed by atoms with Gasteiger partial charge < -0.3 is 24.8 Å². The van der Waals surface area contributed by atoms with Crippen molar-refractivity contribution in [2.75, 3.05) is 40.5 Å². The van der Waals surface area contributed by atoms with Crippen molar-refractivity contribution in [3.05, 3.63) is 18.2 Å². The van der Waals surface area contributed by atoms with Crippen molar-refractivity contribution in [1.82, 2.24) is 10.6 Å². The Morgan fingerprint density at radius 2 is 1.92 bits per heavy atom. The van der Waals surface area contributed by atoms with Gasteiger partial charge in [0, 0.05) is 24.7 Å². The number of carbonyl (C=O) groups is 1. The van der Waals surface area contributed by atoms with E-state index >= 15 is 0 Å². The maximum atomic E-state index is 12.8. The molecule has 0 spiro atoms. The molecule has 2 atom stereocenters. The first-order valence-corrected chi connectivity index (χ1v) is 9.03. The monoisotopic (exact) mass is 348 g/mol. The number of amides is 1. The normalized spacial score (nSPS) is 25.1. The molecule has 2 fully saturated rings. The molecule has 6 nitrogen and oxygen atoms in total. The molecule has 2 N–H and O–H groups in total. The van der Waals surface area contributed by atoms with Gasteiger partial charge in [-0.3, -0.25) is 4.79 Å². The molecule has 1 aliphatic heterocycles. The number of methoxy groups -OCH3 is 2. The number of rotatable bonds is 7. The minimum absolute atomic E-state index is 0.175. The van der Waals surface area contributed by atoms with Crippen LogP contribution < -0.4 is 24.8 Å². The van der Waals surface area contributed by atoms with Crippen LogP contribution in [0.5, 0.6) is 17.2 Å². The van der Waals surface area contributed by atoms with Crippen molar-refractivity contribution in [1.29, 1.82) is 0 Å². The Kier molecular flexibility index (Phi) is 5.68. The second kappa shape index (κ2) is 7.95. The van der Waals surface area contributed by atoms with E-state index in [-0.39, 0.29) is 11.3 Å². The molecule has 1 aromatic rings. The van der Waals surface area contributed by atoms with Gasteiger partial charge in [-0.1, -0.05) is 12.8 Å². The average molecular weight is 348 g/mol. The first-order valence-electron chi connectivity index (χ1n) is 9.03. The summed E-state index contributed by atoms with van der Waals surface area (Å²) in [6.45, 7) is 2.67. The van der Waals surface area contributed by atoms with E-state index < -0.39 is 0 Å². The third-order valence-electron chi connectivity index (χ3n) is 5.47. The van der Waals surface area contributed by atoms with Gasteiger partial charge >= 0.3 is 0 Å². The van der Waals surface area contributed by atoms with Crippen LogP contribution >= 0.6 is 0 Å². The smallest absolute Gasteiger partial charge is 0.227 e. The van der Waals surface area contributed by atoms with Gasteiger partial charge in [-0.15, -0.1) is 0 Å². The second-order valence-electron chi connectivity index (χ2n) is 6.88. The van der Waals surface area contributed by atoms with Crippen molar-refractivity contribution in [2.24, 2.45) is 11.3 Å². The van der Waals surface area contributed by atoms with Crippen LogP contribution in [0.4, 0.5) is 0 Å². The number of fused-ring (bicyclic) bond motifs is 1. The van der Waals surface area contributed by atoms with E-state index in [2.05, 4.69) is 10.6 Å². The molecule has 1 saturated carbocycles. The predicted octanol–water partition coefficient (Wildman–Crippen LogP) is 1.98. The standard InChI is InChI=1S/C19H28N2O4/c1-23-15-9-16(24-2)11-17(10-15)25-8-7-21-18(22)19-6-4-3-5-14(19)12-20-13-19/h9-11,14,20H,3-8,12-13H2,1-2H3,(H,21,22)/t14-,19+/m0/s1. The molecule has 6 heteroatoms. The Labute approximate surface area is 149 Å². The van der Waals surface area contributed by atoms with Crippen LogP contribution in [0.15, 0.2) is 18.2 Å². The third kappa shape index (κ3) is 3.84. The molecular weight excluding hydrogens is 320 g/mol. The molecule has 0 unspecified atom stereocenters. The first kappa shape index (κ1) is 17.9. The number of hydrogen-bond donors (Lipinski definition) is 2. The van der Waals surface area contributed by atoms with Crippen LogP contribution in [-0.4, -0.2) is 46.4 Å². The van der Waals surface area contributed by atoms with Crippen LogP contribution in [0.3, 0.4) is 0 Å². The highest BCUT2D eigenvalue weighted by atomic mass is 16.5. The zero-order valence-electron chi connectivity index (χ0n) is 15.1. The van der Waals surface area contributed by atoms with Crippen LogP contribution in [0.2, 0.25) is 0 Å². The Balaban J connectivity index is 1.51. The average Bonchev–Trinajstić information content (AvgIpc) is 3.10. The first-order chi connectivity index (χ1) is 12.2. The van der Waals surface area contributed by atoms with E-state index in [1.54, 1.807) is 32.4 Å². The topological polar surface area (TPSA) is 68.8 Å². The molecule has 0 aromatic heterocycles. The number of benzene rings is 1. The molecule has 25 heavy (non-hydrogen) atoms. The fourth-order valence-corrected chi connectivity index (χ4v) is 4.06. The van der Waals surface area contributed by atoms with E-state index in [0.29, 0.717) is 36.3 Å². The van der Waals surface area contributed by atoms with Crippen LogP contribution in [-0.2, 0) is 4.79 Å². The highest BCUT2D eigenvalue weighted by Gasteiger charge is 2.49. The Hall–Kier alpha value is -1.95. The highest BCUT2D eigenvalue weighted by molar-refractivity contribution is 5.83. The summed E-state index contributed by atoms with van der Waals surface area (Å²) in [6.07, 6.45) is 4.53. The quantitative estimate of drug-likeness (QED) is 0.738. The summed E-state index contributed by atoms with van der Waals surface area (Å²) in [6, 6.07) is 5.41. The highest BCUT2D eigenvalue weighted by Crippen LogP contribution is 2.43. The zero-order valence-corrected chi connectivity index (χ0v) is 15.1. The largest absolute Gasteiger partial charge is 0.496 e. The van der Waals surface area contributed by atoms with Crippen molar-refractivity contribution in [2.45, 2.75) is 25.7 Å². The molecular formula is C19H28N2O4. The summed E-state index contributed by atoms with van der Waals surface area (Å²) in [5.74, 6) is 2.68. The predicted molar refractivity (Wildman–Crippen MR) is 95.3 cm³/mol. The summed E-state index contributed by atoms with van der Waals surface area (Å²) < 4.78 is 16.2. The van der Waals surface area contributed by atoms with Gasteiger partial charge in [-0.25, -0.2) is 0 Å². The lowest BCUT2D eigenvalue weighted by atomic mass is 9.67. The molecule has 1 saturated heterocycles. The fourth-order valence-electron chi connectivity index (χ4n) is 4.06. The molecule has 0 bridgehead atoms. The lowest BCUT2D eigenvalue weighted by molar-refractivity contribution is -0.134. The molecule has 3 rings (SSSR count). The van der Waals surface area contributed by atoms with E-state index in [1.165, 1.54) is 6.42 Å². The number of hydrogen-bond acceptors (Lipinski definition) is 5. The van der Waals surface area contributed by atoms with Crippen molar-refractivity contribution < 1.29 is 19.0 Å². The Morgan fingerprint density at radius 3 is 2.64 bits per heavy atom. The van der Waals surface area contributed by atoms with E-state index in [0.717, 1.165) is 32.4 Å². The number of nitrogens with one attached hydrogen (secondary N) is 2. The summed E-state index contributed by atoms with van der Waals surface area (Å²) in [7, 11) is 3.21. The maximum absolute atomic E-state index is 12.8. The minimum atomic E-state index is -0.211. The molecule has 1 amide bonds. The SMILES string of the molecule is COc1cc(OC)cc(OCCNC(=O)[C@@]23CCCC[C@H]2CNC3)c1. The van der Waals surface area contributed by atoms with Gasteiger partial charge in [0.1, 0.15) is 23.9 Å². The van der Waals surface area contributed by atoms with E-state index in [4.69, 9.17) is 14.2 Å². The van der Waals surface area contributed by atoms with Crippen LogP contribution in [0.1, 0.15) is 25.7 Å². The molecule has 1 aliphatic carbocycles. The van der Waals surface area contributed by atoms with Gasteiger partial charge in [0.15, 0.2) is 0 Å².